The summed E-state index contributed by atoms with van der Waals surface area (Å²) in [6, 6.07) is 3.55. The highest BCUT2D eigenvalue weighted by Gasteiger charge is 2.20. The number of carbonyl (C=O) groups excluding carboxylic acids is 1. The standard InChI is InChI=1S/C8H10BrNO2S/c1-10(2)8(12)7(11)5-3-4-6(9)13-5/h3-4,7,11H,1-2H3. The van der Waals surface area contributed by atoms with Crippen molar-refractivity contribution in [1.82, 2.24) is 4.90 Å². The molecule has 3 nitrogen and oxygen atoms in total. The minimum absolute atomic E-state index is 0.297. The van der Waals surface area contributed by atoms with Crippen molar-refractivity contribution in [2.45, 2.75) is 6.10 Å². The summed E-state index contributed by atoms with van der Waals surface area (Å²) >= 11 is 4.63. The van der Waals surface area contributed by atoms with Gasteiger partial charge in [0.05, 0.1) is 3.79 Å². The number of hydrogen-bond acceptors (Lipinski definition) is 3. The first kappa shape index (κ1) is 10.7. The van der Waals surface area contributed by atoms with Gasteiger partial charge in [-0.1, -0.05) is 0 Å². The van der Waals surface area contributed by atoms with Gasteiger partial charge in [0, 0.05) is 19.0 Å². The van der Waals surface area contributed by atoms with Crippen LogP contribution in [-0.4, -0.2) is 30.0 Å². The van der Waals surface area contributed by atoms with Gasteiger partial charge in [-0.2, -0.15) is 0 Å². The fourth-order valence-corrected chi connectivity index (χ4v) is 2.24. The average Bonchev–Trinajstić information content (AvgIpc) is 2.49. The molecular weight excluding hydrogens is 254 g/mol. The summed E-state index contributed by atoms with van der Waals surface area (Å²) in [7, 11) is 3.24. The van der Waals surface area contributed by atoms with E-state index in [4.69, 9.17) is 0 Å². The fraction of sp³-hybridized carbons (Fsp3) is 0.375. The topological polar surface area (TPSA) is 40.5 Å². The van der Waals surface area contributed by atoms with Crippen molar-refractivity contribution < 1.29 is 9.90 Å². The second kappa shape index (κ2) is 4.21. The van der Waals surface area contributed by atoms with E-state index in [9.17, 15) is 9.90 Å². The molecule has 0 fully saturated rings. The quantitative estimate of drug-likeness (QED) is 0.882. The first-order valence-electron chi connectivity index (χ1n) is 3.67. The molecule has 72 valence electrons. The van der Waals surface area contributed by atoms with Gasteiger partial charge in [-0.25, -0.2) is 0 Å². The van der Waals surface area contributed by atoms with E-state index < -0.39 is 6.10 Å². The van der Waals surface area contributed by atoms with E-state index in [-0.39, 0.29) is 5.91 Å². The van der Waals surface area contributed by atoms with Crippen molar-refractivity contribution in [2.24, 2.45) is 0 Å². The van der Waals surface area contributed by atoms with E-state index in [1.807, 2.05) is 6.07 Å². The number of aliphatic hydroxyl groups excluding tert-OH is 1. The number of aliphatic hydroxyl groups is 1. The third kappa shape index (κ3) is 2.52. The molecule has 1 aromatic heterocycles. The maximum Gasteiger partial charge on any atom is 0.256 e. The first-order valence-corrected chi connectivity index (χ1v) is 5.28. The summed E-state index contributed by atoms with van der Waals surface area (Å²) in [5.41, 5.74) is 0. The van der Waals surface area contributed by atoms with Crippen LogP contribution in [0.1, 0.15) is 11.0 Å². The van der Waals surface area contributed by atoms with Crippen molar-refractivity contribution in [3.05, 3.63) is 20.8 Å². The largest absolute Gasteiger partial charge is 0.378 e. The van der Waals surface area contributed by atoms with E-state index in [0.29, 0.717) is 4.88 Å². The monoisotopic (exact) mass is 263 g/mol. The number of thiophene rings is 1. The number of nitrogens with zero attached hydrogens (tertiary/aromatic N) is 1. The van der Waals surface area contributed by atoms with Crippen LogP contribution in [0.15, 0.2) is 15.9 Å². The van der Waals surface area contributed by atoms with Crippen LogP contribution in [0.5, 0.6) is 0 Å². The zero-order valence-corrected chi connectivity index (χ0v) is 9.72. The Balaban J connectivity index is 2.79. The summed E-state index contributed by atoms with van der Waals surface area (Å²) in [5.74, 6) is -0.297. The van der Waals surface area contributed by atoms with Crippen molar-refractivity contribution >= 4 is 33.2 Å². The third-order valence-corrected chi connectivity index (χ3v) is 3.21. The van der Waals surface area contributed by atoms with Gasteiger partial charge in [0.1, 0.15) is 0 Å². The van der Waals surface area contributed by atoms with Gasteiger partial charge in [0.2, 0.25) is 0 Å². The maximum atomic E-state index is 11.3. The van der Waals surface area contributed by atoms with Crippen LogP contribution >= 0.6 is 27.3 Å². The third-order valence-electron chi connectivity index (χ3n) is 1.54. The molecule has 0 radical (unpaired) electrons. The second-order valence-corrected chi connectivity index (χ2v) is 5.27. The molecule has 0 saturated carbocycles. The Hall–Kier alpha value is -0.390. The zero-order chi connectivity index (χ0) is 10.0. The lowest BCUT2D eigenvalue weighted by Crippen LogP contribution is -2.27. The minimum Gasteiger partial charge on any atom is -0.378 e. The summed E-state index contributed by atoms with van der Waals surface area (Å²) in [5, 5.41) is 9.57. The summed E-state index contributed by atoms with van der Waals surface area (Å²) in [6.45, 7) is 0. The lowest BCUT2D eigenvalue weighted by Gasteiger charge is -2.14. The molecular formula is C8H10BrNO2S. The number of hydrogen-bond donors (Lipinski definition) is 1. The first-order chi connectivity index (χ1) is 6.02. The lowest BCUT2D eigenvalue weighted by molar-refractivity contribution is -0.137. The second-order valence-electron chi connectivity index (χ2n) is 2.78. The zero-order valence-electron chi connectivity index (χ0n) is 7.32. The Bertz CT molecular complexity index is 311. The van der Waals surface area contributed by atoms with Crippen LogP contribution in [0, 0.1) is 0 Å². The molecule has 1 atom stereocenters. The predicted molar refractivity (Wildman–Crippen MR) is 55.7 cm³/mol. The van der Waals surface area contributed by atoms with Crippen LogP contribution in [0.25, 0.3) is 0 Å². The van der Waals surface area contributed by atoms with E-state index in [0.717, 1.165) is 3.79 Å². The molecule has 5 heteroatoms. The highest BCUT2D eigenvalue weighted by Crippen LogP contribution is 2.27. The smallest absolute Gasteiger partial charge is 0.256 e. The van der Waals surface area contributed by atoms with Crippen LogP contribution in [0.2, 0.25) is 0 Å². The molecule has 0 saturated heterocycles. The van der Waals surface area contributed by atoms with Crippen molar-refractivity contribution in [2.75, 3.05) is 14.1 Å². The summed E-state index contributed by atoms with van der Waals surface area (Å²) in [6.07, 6.45) is -1.04. The van der Waals surface area contributed by atoms with E-state index in [2.05, 4.69) is 15.9 Å². The normalized spacial score (nSPS) is 12.6. The van der Waals surface area contributed by atoms with Crippen molar-refractivity contribution in [1.29, 1.82) is 0 Å². The fourth-order valence-electron chi connectivity index (χ4n) is 0.842. The van der Waals surface area contributed by atoms with E-state index >= 15 is 0 Å². The molecule has 1 rings (SSSR count). The highest BCUT2D eigenvalue weighted by atomic mass is 79.9. The van der Waals surface area contributed by atoms with Gasteiger partial charge >= 0.3 is 0 Å². The Morgan fingerprint density at radius 1 is 1.62 bits per heavy atom. The van der Waals surface area contributed by atoms with Gasteiger partial charge in [-0.3, -0.25) is 4.79 Å². The Kier molecular flexibility index (Phi) is 3.47. The number of rotatable bonds is 2. The Morgan fingerprint density at radius 2 is 2.23 bits per heavy atom. The van der Waals surface area contributed by atoms with E-state index in [1.54, 1.807) is 20.2 Å². The van der Waals surface area contributed by atoms with Crippen LogP contribution < -0.4 is 0 Å². The molecule has 1 heterocycles. The molecule has 1 aromatic rings. The molecule has 0 aliphatic carbocycles. The number of halogens is 1. The van der Waals surface area contributed by atoms with Crippen molar-refractivity contribution in [3.63, 3.8) is 0 Å². The van der Waals surface area contributed by atoms with Crippen molar-refractivity contribution in [3.8, 4) is 0 Å². The van der Waals surface area contributed by atoms with Gasteiger partial charge < -0.3 is 10.0 Å². The maximum absolute atomic E-state index is 11.3. The number of likely N-dealkylation sites (N-methyl/N-ethyl adjacent to an activating group) is 1. The average molecular weight is 264 g/mol. The predicted octanol–water partition coefficient (Wildman–Crippen LogP) is 1.63. The molecule has 0 aliphatic rings. The molecule has 1 unspecified atom stereocenters. The summed E-state index contributed by atoms with van der Waals surface area (Å²) < 4.78 is 0.910. The molecule has 0 aromatic carbocycles. The summed E-state index contributed by atoms with van der Waals surface area (Å²) in [4.78, 5) is 13.4. The van der Waals surface area contributed by atoms with Gasteiger partial charge in [0.25, 0.3) is 5.91 Å². The Labute approximate surface area is 89.1 Å². The molecule has 0 aliphatic heterocycles. The molecule has 1 N–H and O–H groups in total. The number of carbonyl (C=O) groups is 1. The van der Waals surface area contributed by atoms with Gasteiger partial charge in [-0.15, -0.1) is 11.3 Å². The van der Waals surface area contributed by atoms with Crippen LogP contribution in [0.3, 0.4) is 0 Å². The SMILES string of the molecule is CN(C)C(=O)C(O)c1ccc(Br)s1. The molecule has 13 heavy (non-hydrogen) atoms. The number of amides is 1. The molecule has 0 spiro atoms. The lowest BCUT2D eigenvalue weighted by atomic mass is 10.2. The molecule has 0 bridgehead atoms. The van der Waals surface area contributed by atoms with Crippen LogP contribution in [-0.2, 0) is 4.79 Å². The van der Waals surface area contributed by atoms with E-state index in [1.165, 1.54) is 16.2 Å². The molecule has 1 amide bonds. The van der Waals surface area contributed by atoms with Gasteiger partial charge in [0.15, 0.2) is 6.10 Å². The minimum atomic E-state index is -1.04. The van der Waals surface area contributed by atoms with Crippen LogP contribution in [0.4, 0.5) is 0 Å². The highest BCUT2D eigenvalue weighted by molar-refractivity contribution is 9.11. The van der Waals surface area contributed by atoms with Gasteiger partial charge in [-0.05, 0) is 28.1 Å². The Morgan fingerprint density at radius 3 is 2.62 bits per heavy atom.